The highest BCUT2D eigenvalue weighted by molar-refractivity contribution is 7.89. The third-order valence-corrected chi connectivity index (χ3v) is 3.66. The second-order valence-corrected chi connectivity index (χ2v) is 5.87. The molecule has 0 amide bonds. The SMILES string of the molecule is CCS(=O)(=O)NC[C@@H](C)NCCn1ccnn1. The molecule has 1 atom stereocenters. The molecule has 2 N–H and O–H groups in total. The lowest BCUT2D eigenvalue weighted by atomic mass is 10.3. The van der Waals surface area contributed by atoms with Gasteiger partial charge < -0.3 is 5.32 Å². The van der Waals surface area contributed by atoms with Crippen molar-refractivity contribution in [3.8, 4) is 0 Å². The highest BCUT2D eigenvalue weighted by Gasteiger charge is 2.08. The summed E-state index contributed by atoms with van der Waals surface area (Å²) >= 11 is 0. The Bertz CT molecular complexity index is 403. The summed E-state index contributed by atoms with van der Waals surface area (Å²) in [4.78, 5) is 0. The topological polar surface area (TPSA) is 88.9 Å². The van der Waals surface area contributed by atoms with Crippen LogP contribution in [0.2, 0.25) is 0 Å². The van der Waals surface area contributed by atoms with Gasteiger partial charge in [0.25, 0.3) is 0 Å². The van der Waals surface area contributed by atoms with E-state index in [4.69, 9.17) is 0 Å². The molecule has 0 fully saturated rings. The molecule has 0 saturated heterocycles. The summed E-state index contributed by atoms with van der Waals surface area (Å²) in [5, 5.41) is 10.7. The molecular weight excluding hydrogens is 242 g/mol. The molecular formula is C9H19N5O2S. The van der Waals surface area contributed by atoms with Crippen LogP contribution in [0.3, 0.4) is 0 Å². The Morgan fingerprint density at radius 2 is 2.24 bits per heavy atom. The maximum Gasteiger partial charge on any atom is 0.211 e. The molecule has 0 unspecified atom stereocenters. The highest BCUT2D eigenvalue weighted by Crippen LogP contribution is 1.86. The van der Waals surface area contributed by atoms with Gasteiger partial charge in [0.1, 0.15) is 0 Å². The summed E-state index contributed by atoms with van der Waals surface area (Å²) in [7, 11) is -3.10. The molecule has 0 aliphatic rings. The zero-order valence-corrected chi connectivity index (χ0v) is 10.9. The monoisotopic (exact) mass is 261 g/mol. The van der Waals surface area contributed by atoms with E-state index >= 15 is 0 Å². The van der Waals surface area contributed by atoms with Gasteiger partial charge in [-0.05, 0) is 13.8 Å². The number of sulfonamides is 1. The van der Waals surface area contributed by atoms with Crippen molar-refractivity contribution in [2.75, 3.05) is 18.8 Å². The number of nitrogens with one attached hydrogen (secondary N) is 2. The van der Waals surface area contributed by atoms with Crippen LogP contribution in [0.4, 0.5) is 0 Å². The Morgan fingerprint density at radius 3 is 2.82 bits per heavy atom. The first-order valence-electron chi connectivity index (χ1n) is 5.58. The van der Waals surface area contributed by atoms with Crippen LogP contribution >= 0.6 is 0 Å². The lowest BCUT2D eigenvalue weighted by Crippen LogP contribution is -2.40. The summed E-state index contributed by atoms with van der Waals surface area (Å²) < 4.78 is 26.7. The molecule has 1 aromatic rings. The van der Waals surface area contributed by atoms with Gasteiger partial charge in [0.2, 0.25) is 10.0 Å². The summed E-state index contributed by atoms with van der Waals surface area (Å²) in [5.41, 5.74) is 0. The van der Waals surface area contributed by atoms with Crippen molar-refractivity contribution in [3.63, 3.8) is 0 Å². The maximum absolute atomic E-state index is 11.2. The summed E-state index contributed by atoms with van der Waals surface area (Å²) in [6.45, 7) is 5.38. The fourth-order valence-electron chi connectivity index (χ4n) is 1.20. The van der Waals surface area contributed by atoms with E-state index in [0.717, 1.165) is 6.54 Å². The van der Waals surface area contributed by atoms with Crippen LogP contribution in [-0.2, 0) is 16.6 Å². The minimum atomic E-state index is -3.10. The minimum absolute atomic E-state index is 0.0832. The van der Waals surface area contributed by atoms with Gasteiger partial charge in [-0.25, -0.2) is 13.1 Å². The summed E-state index contributed by atoms with van der Waals surface area (Å²) in [6, 6.07) is 0.0832. The van der Waals surface area contributed by atoms with Crippen molar-refractivity contribution in [1.82, 2.24) is 25.0 Å². The van der Waals surface area contributed by atoms with Crippen molar-refractivity contribution in [2.24, 2.45) is 0 Å². The molecule has 1 rings (SSSR count). The van der Waals surface area contributed by atoms with Crippen molar-refractivity contribution in [1.29, 1.82) is 0 Å². The van der Waals surface area contributed by atoms with E-state index in [2.05, 4.69) is 20.4 Å². The van der Waals surface area contributed by atoms with Gasteiger partial charge in [0.05, 0.1) is 18.5 Å². The second-order valence-electron chi connectivity index (χ2n) is 3.77. The Kier molecular flexibility index (Phi) is 5.52. The van der Waals surface area contributed by atoms with Crippen molar-refractivity contribution >= 4 is 10.0 Å². The van der Waals surface area contributed by atoms with Crippen molar-refractivity contribution in [3.05, 3.63) is 12.4 Å². The maximum atomic E-state index is 11.2. The average molecular weight is 261 g/mol. The Balaban J connectivity index is 2.15. The zero-order valence-electron chi connectivity index (χ0n) is 10.1. The van der Waals surface area contributed by atoms with Gasteiger partial charge in [-0.2, -0.15) is 0 Å². The molecule has 98 valence electrons. The molecule has 0 aliphatic heterocycles. The predicted octanol–water partition coefficient (Wildman–Crippen LogP) is -0.804. The third-order valence-electron chi connectivity index (χ3n) is 2.30. The van der Waals surface area contributed by atoms with Crippen LogP contribution in [0.25, 0.3) is 0 Å². The average Bonchev–Trinajstić information content (AvgIpc) is 2.80. The van der Waals surface area contributed by atoms with E-state index in [1.807, 2.05) is 6.92 Å². The fourth-order valence-corrected chi connectivity index (χ4v) is 1.91. The molecule has 0 bridgehead atoms. The van der Waals surface area contributed by atoms with E-state index in [1.54, 1.807) is 24.0 Å². The molecule has 0 radical (unpaired) electrons. The van der Waals surface area contributed by atoms with Crippen molar-refractivity contribution in [2.45, 2.75) is 26.4 Å². The lowest BCUT2D eigenvalue weighted by Gasteiger charge is -2.14. The molecule has 17 heavy (non-hydrogen) atoms. The largest absolute Gasteiger partial charge is 0.311 e. The lowest BCUT2D eigenvalue weighted by molar-refractivity contribution is 0.481. The quantitative estimate of drug-likeness (QED) is 0.639. The fraction of sp³-hybridized carbons (Fsp3) is 0.778. The molecule has 1 heterocycles. The summed E-state index contributed by atoms with van der Waals surface area (Å²) in [6.07, 6.45) is 3.41. The Hall–Kier alpha value is -0.990. The van der Waals surface area contributed by atoms with Crippen molar-refractivity contribution < 1.29 is 8.42 Å². The van der Waals surface area contributed by atoms with Gasteiger partial charge in [0.15, 0.2) is 0 Å². The number of hydrogen-bond acceptors (Lipinski definition) is 5. The highest BCUT2D eigenvalue weighted by atomic mass is 32.2. The van der Waals surface area contributed by atoms with E-state index in [-0.39, 0.29) is 11.8 Å². The first-order valence-corrected chi connectivity index (χ1v) is 7.23. The zero-order chi connectivity index (χ0) is 12.7. The first kappa shape index (κ1) is 14.1. The van der Waals surface area contributed by atoms with Crippen LogP contribution < -0.4 is 10.0 Å². The molecule has 0 aliphatic carbocycles. The molecule has 1 aromatic heterocycles. The third kappa shape index (κ3) is 5.76. The number of nitrogens with zero attached hydrogens (tertiary/aromatic N) is 3. The van der Waals surface area contributed by atoms with Crippen LogP contribution in [0.15, 0.2) is 12.4 Å². The molecule has 0 spiro atoms. The van der Waals surface area contributed by atoms with E-state index in [0.29, 0.717) is 13.1 Å². The standard InChI is InChI=1S/C9H19N5O2S/c1-3-17(15,16)12-8-9(2)10-4-6-14-7-5-11-13-14/h5,7,9-10,12H,3-4,6,8H2,1-2H3/t9-/m1/s1. The Morgan fingerprint density at radius 1 is 1.47 bits per heavy atom. The van der Waals surface area contributed by atoms with Crippen LogP contribution in [-0.4, -0.2) is 48.3 Å². The van der Waals surface area contributed by atoms with Gasteiger partial charge in [-0.3, -0.25) is 4.68 Å². The smallest absolute Gasteiger partial charge is 0.211 e. The molecule has 8 heteroatoms. The second kappa shape index (κ2) is 6.67. The Labute approximate surface area is 102 Å². The molecule has 0 saturated carbocycles. The van der Waals surface area contributed by atoms with Crippen LogP contribution in [0, 0.1) is 0 Å². The van der Waals surface area contributed by atoms with E-state index in [1.165, 1.54) is 0 Å². The van der Waals surface area contributed by atoms with Crippen LogP contribution in [0.5, 0.6) is 0 Å². The minimum Gasteiger partial charge on any atom is -0.311 e. The predicted molar refractivity (Wildman–Crippen MR) is 65.0 cm³/mol. The number of hydrogen-bond donors (Lipinski definition) is 2. The van der Waals surface area contributed by atoms with Gasteiger partial charge >= 0.3 is 0 Å². The molecule has 7 nitrogen and oxygen atoms in total. The van der Waals surface area contributed by atoms with E-state index < -0.39 is 10.0 Å². The van der Waals surface area contributed by atoms with Gasteiger partial charge in [-0.1, -0.05) is 5.21 Å². The van der Waals surface area contributed by atoms with E-state index in [9.17, 15) is 8.42 Å². The summed E-state index contributed by atoms with van der Waals surface area (Å²) in [5.74, 6) is 0.110. The van der Waals surface area contributed by atoms with Gasteiger partial charge in [-0.15, -0.1) is 5.10 Å². The normalized spacial score (nSPS) is 13.8. The number of aromatic nitrogens is 3. The van der Waals surface area contributed by atoms with Gasteiger partial charge in [0, 0.05) is 25.3 Å². The first-order chi connectivity index (χ1) is 8.03. The van der Waals surface area contributed by atoms with Crippen LogP contribution in [0.1, 0.15) is 13.8 Å². The number of rotatable bonds is 8. The molecule has 0 aromatic carbocycles.